The number of aromatic carboxylic acids is 1. The third-order valence-electron chi connectivity index (χ3n) is 7.48. The molecule has 0 saturated carbocycles. The summed E-state index contributed by atoms with van der Waals surface area (Å²) in [5, 5.41) is 10.3. The van der Waals surface area contributed by atoms with Crippen LogP contribution >= 0.6 is 23.2 Å². The lowest BCUT2D eigenvalue weighted by Crippen LogP contribution is -2.37. The van der Waals surface area contributed by atoms with Crippen molar-refractivity contribution in [2.75, 3.05) is 44.8 Å². The molecule has 3 aromatic rings. The van der Waals surface area contributed by atoms with Crippen LogP contribution in [0.3, 0.4) is 0 Å². The SMILES string of the molecule is CN=CC(=CN)c1cc(Cl)c(C(=O)N2CCc3c(cccc3-c3ccc(C(=O)O)c(N4CCOCC4)c3)C2)c(Cl)c1. The highest BCUT2D eigenvalue weighted by Crippen LogP contribution is 2.36. The second-order valence-electron chi connectivity index (χ2n) is 9.88. The average Bonchev–Trinajstić information content (AvgIpc) is 2.98. The van der Waals surface area contributed by atoms with Gasteiger partial charge in [-0.1, -0.05) is 47.5 Å². The van der Waals surface area contributed by atoms with E-state index in [1.807, 2.05) is 30.3 Å². The second-order valence-corrected chi connectivity index (χ2v) is 10.7. The van der Waals surface area contributed by atoms with Crippen LogP contribution in [-0.4, -0.2) is 68.0 Å². The zero-order valence-corrected chi connectivity index (χ0v) is 24.1. The number of nitrogens with zero attached hydrogens (tertiary/aromatic N) is 3. The first-order chi connectivity index (χ1) is 19.8. The maximum absolute atomic E-state index is 13.6. The van der Waals surface area contributed by atoms with Crippen LogP contribution in [0.1, 0.15) is 37.4 Å². The Hall–Kier alpha value is -3.85. The fourth-order valence-electron chi connectivity index (χ4n) is 5.45. The summed E-state index contributed by atoms with van der Waals surface area (Å²) in [6, 6.07) is 14.8. The van der Waals surface area contributed by atoms with Gasteiger partial charge in [-0.05, 0) is 58.5 Å². The summed E-state index contributed by atoms with van der Waals surface area (Å²) < 4.78 is 5.47. The fraction of sp³-hybridized carbons (Fsp3) is 0.258. The summed E-state index contributed by atoms with van der Waals surface area (Å²) in [6.07, 6.45) is 3.64. The van der Waals surface area contributed by atoms with E-state index >= 15 is 0 Å². The summed E-state index contributed by atoms with van der Waals surface area (Å²) in [5.74, 6) is -1.20. The number of ether oxygens (including phenoxy) is 1. The molecule has 0 aliphatic carbocycles. The Balaban J connectivity index is 1.44. The number of rotatable bonds is 6. The third-order valence-corrected chi connectivity index (χ3v) is 8.08. The molecule has 0 spiro atoms. The van der Waals surface area contributed by atoms with Gasteiger partial charge in [-0.2, -0.15) is 0 Å². The molecule has 0 bridgehead atoms. The van der Waals surface area contributed by atoms with E-state index in [0.29, 0.717) is 62.6 Å². The molecule has 5 rings (SSSR count). The molecule has 1 fully saturated rings. The van der Waals surface area contributed by atoms with Gasteiger partial charge in [-0.3, -0.25) is 9.79 Å². The minimum Gasteiger partial charge on any atom is -0.478 e. The van der Waals surface area contributed by atoms with Gasteiger partial charge < -0.3 is 25.4 Å². The van der Waals surface area contributed by atoms with Gasteiger partial charge in [0.25, 0.3) is 5.91 Å². The number of fused-ring (bicyclic) bond motifs is 1. The van der Waals surface area contributed by atoms with Gasteiger partial charge in [0, 0.05) is 51.2 Å². The molecule has 2 heterocycles. The molecule has 10 heteroatoms. The number of carbonyl (C=O) groups excluding carboxylic acids is 1. The predicted octanol–water partition coefficient (Wildman–Crippen LogP) is 5.39. The lowest BCUT2D eigenvalue weighted by molar-refractivity contribution is 0.0694. The van der Waals surface area contributed by atoms with Crippen LogP contribution < -0.4 is 10.6 Å². The molecular weight excluding hydrogens is 563 g/mol. The first-order valence-corrected chi connectivity index (χ1v) is 14.0. The first-order valence-electron chi connectivity index (χ1n) is 13.3. The van der Waals surface area contributed by atoms with Crippen molar-refractivity contribution in [2.45, 2.75) is 13.0 Å². The number of allylic oxidation sites excluding steroid dienone is 1. The summed E-state index contributed by atoms with van der Waals surface area (Å²) >= 11 is 13.1. The lowest BCUT2D eigenvalue weighted by Gasteiger charge is -2.32. The molecule has 2 aliphatic rings. The molecule has 8 nitrogen and oxygen atoms in total. The number of morpholine rings is 1. The van der Waals surface area contributed by atoms with Crippen molar-refractivity contribution >= 4 is 52.6 Å². The summed E-state index contributed by atoms with van der Waals surface area (Å²) in [5.41, 5.74) is 12.4. The zero-order valence-electron chi connectivity index (χ0n) is 22.6. The van der Waals surface area contributed by atoms with E-state index < -0.39 is 5.97 Å². The van der Waals surface area contributed by atoms with Crippen LogP contribution in [0.25, 0.3) is 16.7 Å². The molecule has 1 saturated heterocycles. The molecule has 41 heavy (non-hydrogen) atoms. The second kappa shape index (κ2) is 12.3. The lowest BCUT2D eigenvalue weighted by atomic mass is 9.89. The third kappa shape index (κ3) is 5.81. The van der Waals surface area contributed by atoms with Crippen molar-refractivity contribution in [3.63, 3.8) is 0 Å². The summed E-state index contributed by atoms with van der Waals surface area (Å²) in [7, 11) is 1.64. The van der Waals surface area contributed by atoms with E-state index in [2.05, 4.69) is 9.89 Å². The van der Waals surface area contributed by atoms with Crippen molar-refractivity contribution in [2.24, 2.45) is 10.7 Å². The highest BCUT2D eigenvalue weighted by molar-refractivity contribution is 6.40. The fourth-order valence-corrected chi connectivity index (χ4v) is 6.10. The number of benzene rings is 3. The van der Waals surface area contributed by atoms with Crippen molar-refractivity contribution < 1.29 is 19.4 Å². The standard InChI is InChI=1S/C31H30Cl2N4O4/c1-35-17-22(16-34)21-13-26(32)29(27(33)14-21)30(38)37-8-7-24-20(18-37)3-2-4-23(24)19-5-6-25(31(39)40)28(15-19)36-9-11-41-12-10-36/h2-6,13-17H,7-12,18,34H2,1H3,(H,39,40). The number of aliphatic imine (C=N–C) groups is 1. The van der Waals surface area contributed by atoms with Crippen LogP contribution in [-0.2, 0) is 17.7 Å². The van der Waals surface area contributed by atoms with Crippen molar-refractivity contribution in [1.29, 1.82) is 0 Å². The molecular formula is C31H30Cl2N4O4. The van der Waals surface area contributed by atoms with Gasteiger partial charge in [0.1, 0.15) is 0 Å². The minimum absolute atomic E-state index is 0.245. The normalized spacial score (nSPS) is 15.7. The largest absolute Gasteiger partial charge is 0.478 e. The highest BCUT2D eigenvalue weighted by Gasteiger charge is 2.28. The van der Waals surface area contributed by atoms with Crippen LogP contribution in [0.15, 0.2) is 59.7 Å². The number of amides is 1. The van der Waals surface area contributed by atoms with E-state index in [4.69, 9.17) is 33.7 Å². The summed E-state index contributed by atoms with van der Waals surface area (Å²) in [4.78, 5) is 33.4. The van der Waals surface area contributed by atoms with Gasteiger partial charge in [0.2, 0.25) is 0 Å². The van der Waals surface area contributed by atoms with E-state index in [0.717, 1.165) is 22.3 Å². The molecule has 0 atom stereocenters. The quantitative estimate of drug-likeness (QED) is 0.371. The molecule has 2 aliphatic heterocycles. The van der Waals surface area contributed by atoms with Crippen LogP contribution in [0.4, 0.5) is 5.69 Å². The number of hydrogen-bond acceptors (Lipinski definition) is 6. The van der Waals surface area contributed by atoms with E-state index in [1.54, 1.807) is 36.4 Å². The van der Waals surface area contributed by atoms with E-state index in [1.165, 1.54) is 6.20 Å². The number of nitrogens with two attached hydrogens (primary N) is 1. The van der Waals surface area contributed by atoms with E-state index in [9.17, 15) is 14.7 Å². The van der Waals surface area contributed by atoms with Gasteiger partial charge in [-0.25, -0.2) is 4.79 Å². The number of carboxylic acids is 1. The van der Waals surface area contributed by atoms with Gasteiger partial charge in [0.05, 0.1) is 40.1 Å². The van der Waals surface area contributed by atoms with Crippen LogP contribution in [0, 0.1) is 0 Å². The number of anilines is 1. The first kappa shape index (κ1) is 28.7. The minimum atomic E-state index is -0.957. The maximum atomic E-state index is 13.6. The number of carbonyl (C=O) groups is 2. The maximum Gasteiger partial charge on any atom is 0.337 e. The van der Waals surface area contributed by atoms with Crippen molar-refractivity contribution in [3.8, 4) is 11.1 Å². The van der Waals surface area contributed by atoms with Gasteiger partial charge in [-0.15, -0.1) is 0 Å². The molecule has 0 radical (unpaired) electrons. The van der Waals surface area contributed by atoms with Crippen molar-refractivity contribution in [3.05, 3.63) is 92.6 Å². The Morgan fingerprint density at radius 2 is 1.78 bits per heavy atom. The molecule has 3 aromatic carbocycles. The molecule has 3 N–H and O–H groups in total. The Kier molecular flexibility index (Phi) is 8.63. The predicted molar refractivity (Wildman–Crippen MR) is 163 cm³/mol. The van der Waals surface area contributed by atoms with Crippen molar-refractivity contribution in [1.82, 2.24) is 4.90 Å². The highest BCUT2D eigenvalue weighted by atomic mass is 35.5. The molecule has 0 unspecified atom stereocenters. The smallest absolute Gasteiger partial charge is 0.337 e. The number of halogens is 2. The Morgan fingerprint density at radius 1 is 1.05 bits per heavy atom. The summed E-state index contributed by atoms with van der Waals surface area (Å²) in [6.45, 7) is 3.27. The Bertz CT molecular complexity index is 1540. The zero-order chi connectivity index (χ0) is 29.1. The Labute approximate surface area is 248 Å². The number of carboxylic acid groups (broad SMARTS) is 1. The number of hydrogen-bond donors (Lipinski definition) is 2. The Morgan fingerprint density at radius 3 is 2.44 bits per heavy atom. The molecule has 0 aromatic heterocycles. The van der Waals surface area contributed by atoms with Crippen LogP contribution in [0.2, 0.25) is 10.0 Å². The monoisotopic (exact) mass is 592 g/mol. The van der Waals surface area contributed by atoms with Gasteiger partial charge in [0.15, 0.2) is 0 Å². The topological polar surface area (TPSA) is 108 Å². The van der Waals surface area contributed by atoms with E-state index in [-0.39, 0.29) is 27.1 Å². The van der Waals surface area contributed by atoms with Gasteiger partial charge >= 0.3 is 5.97 Å². The molecule has 212 valence electrons. The average molecular weight is 594 g/mol. The molecule has 1 amide bonds. The van der Waals surface area contributed by atoms with Crippen LogP contribution in [0.5, 0.6) is 0 Å².